The molecule has 0 bridgehead atoms. The summed E-state index contributed by atoms with van der Waals surface area (Å²) < 4.78 is 5.26. The Morgan fingerprint density at radius 2 is 2.05 bits per heavy atom. The molecule has 0 saturated carbocycles. The molecule has 0 spiro atoms. The highest BCUT2D eigenvalue weighted by molar-refractivity contribution is 7.16. The van der Waals surface area contributed by atoms with Gasteiger partial charge in [0.1, 0.15) is 5.69 Å². The van der Waals surface area contributed by atoms with Gasteiger partial charge in [-0.3, -0.25) is 0 Å². The molecule has 3 heterocycles. The maximum atomic E-state index is 5.92. The molecule has 3 aromatic rings. The summed E-state index contributed by atoms with van der Waals surface area (Å²) in [5.74, 6) is 0.905. The van der Waals surface area contributed by atoms with Gasteiger partial charge < -0.3 is 10.3 Å². The number of aromatic nitrogens is 3. The van der Waals surface area contributed by atoms with Crippen LogP contribution in [0.15, 0.2) is 28.8 Å². The van der Waals surface area contributed by atoms with Gasteiger partial charge >= 0.3 is 0 Å². The lowest BCUT2D eigenvalue weighted by Crippen LogP contribution is -1.88. The van der Waals surface area contributed by atoms with E-state index in [1.807, 2.05) is 38.1 Å². The van der Waals surface area contributed by atoms with Crippen LogP contribution in [0.5, 0.6) is 0 Å². The summed E-state index contributed by atoms with van der Waals surface area (Å²) >= 11 is 1.51. The van der Waals surface area contributed by atoms with Crippen molar-refractivity contribution in [3.8, 4) is 23.0 Å². The van der Waals surface area contributed by atoms with Gasteiger partial charge in [-0.15, -0.1) is 11.3 Å². The highest BCUT2D eigenvalue weighted by atomic mass is 32.1. The van der Waals surface area contributed by atoms with Crippen molar-refractivity contribution in [3.05, 3.63) is 34.8 Å². The summed E-state index contributed by atoms with van der Waals surface area (Å²) in [6.45, 7) is 3.91. The molecule has 0 unspecified atom stereocenters. The summed E-state index contributed by atoms with van der Waals surface area (Å²) in [4.78, 5) is 9.83. The first-order chi connectivity index (χ1) is 9.13. The number of hydrogen-bond donors (Lipinski definition) is 1. The maximum absolute atomic E-state index is 5.92. The van der Waals surface area contributed by atoms with Crippen molar-refractivity contribution in [2.45, 2.75) is 13.8 Å². The first-order valence-corrected chi connectivity index (χ1v) is 6.59. The molecule has 5 nitrogen and oxygen atoms in total. The predicted molar refractivity (Wildman–Crippen MR) is 74.7 cm³/mol. The van der Waals surface area contributed by atoms with E-state index in [4.69, 9.17) is 10.3 Å². The van der Waals surface area contributed by atoms with E-state index < -0.39 is 0 Å². The van der Waals surface area contributed by atoms with Gasteiger partial charge in [0.15, 0.2) is 0 Å². The van der Waals surface area contributed by atoms with E-state index in [0.717, 1.165) is 16.1 Å². The molecule has 0 radical (unpaired) electrons. The lowest BCUT2D eigenvalue weighted by molar-refractivity contribution is 0.432. The molecule has 3 rings (SSSR count). The van der Waals surface area contributed by atoms with Crippen molar-refractivity contribution < 1.29 is 4.52 Å². The van der Waals surface area contributed by atoms with E-state index in [2.05, 4.69) is 15.1 Å². The quantitative estimate of drug-likeness (QED) is 0.775. The molecule has 19 heavy (non-hydrogen) atoms. The number of rotatable bonds is 2. The monoisotopic (exact) mass is 272 g/mol. The van der Waals surface area contributed by atoms with Crippen LogP contribution in [0, 0.1) is 13.8 Å². The zero-order valence-corrected chi connectivity index (χ0v) is 11.4. The van der Waals surface area contributed by atoms with Crippen molar-refractivity contribution in [3.63, 3.8) is 0 Å². The van der Waals surface area contributed by atoms with Crippen LogP contribution in [0.3, 0.4) is 0 Å². The first-order valence-electron chi connectivity index (χ1n) is 5.77. The molecule has 0 atom stereocenters. The zero-order chi connectivity index (χ0) is 13.4. The van der Waals surface area contributed by atoms with Crippen LogP contribution in [-0.2, 0) is 0 Å². The van der Waals surface area contributed by atoms with Crippen LogP contribution < -0.4 is 5.73 Å². The molecule has 3 aromatic heterocycles. The van der Waals surface area contributed by atoms with Gasteiger partial charge in [-0.1, -0.05) is 11.2 Å². The number of nitrogen functional groups attached to an aromatic ring is 1. The molecular formula is C13H12N4OS. The average molecular weight is 272 g/mol. The Kier molecular flexibility index (Phi) is 2.79. The van der Waals surface area contributed by atoms with E-state index >= 15 is 0 Å². The summed E-state index contributed by atoms with van der Waals surface area (Å²) in [6.07, 6.45) is 0. The van der Waals surface area contributed by atoms with E-state index in [1.165, 1.54) is 11.3 Å². The van der Waals surface area contributed by atoms with E-state index in [1.54, 1.807) is 0 Å². The van der Waals surface area contributed by atoms with Crippen molar-refractivity contribution in [2.24, 2.45) is 0 Å². The van der Waals surface area contributed by atoms with Crippen LogP contribution in [0.2, 0.25) is 0 Å². The number of nitrogens with two attached hydrogens (primary N) is 1. The summed E-state index contributed by atoms with van der Waals surface area (Å²) in [5.41, 5.74) is 8.31. The topological polar surface area (TPSA) is 77.8 Å². The zero-order valence-electron chi connectivity index (χ0n) is 10.5. The molecule has 0 saturated heterocycles. The molecule has 0 aromatic carbocycles. The Morgan fingerprint density at radius 1 is 1.21 bits per heavy atom. The summed E-state index contributed by atoms with van der Waals surface area (Å²) in [7, 11) is 0. The molecule has 6 heteroatoms. The second kappa shape index (κ2) is 4.47. The number of pyridine rings is 1. The summed E-state index contributed by atoms with van der Waals surface area (Å²) in [6, 6.07) is 7.63. The normalized spacial score (nSPS) is 10.8. The highest BCUT2D eigenvalue weighted by Gasteiger charge is 2.15. The second-order valence-electron chi connectivity index (χ2n) is 4.22. The summed E-state index contributed by atoms with van der Waals surface area (Å²) in [5, 5.41) is 4.64. The van der Waals surface area contributed by atoms with Gasteiger partial charge in [0, 0.05) is 10.6 Å². The fraction of sp³-hybridized carbons (Fsp3) is 0.154. The van der Waals surface area contributed by atoms with E-state index in [9.17, 15) is 0 Å². The van der Waals surface area contributed by atoms with Gasteiger partial charge in [-0.2, -0.15) is 4.98 Å². The number of anilines is 1. The molecule has 2 N–H and O–H groups in total. The van der Waals surface area contributed by atoms with Crippen molar-refractivity contribution in [2.75, 3.05) is 5.73 Å². The third kappa shape index (κ3) is 2.22. The van der Waals surface area contributed by atoms with Crippen LogP contribution in [-0.4, -0.2) is 15.1 Å². The molecule has 0 aliphatic heterocycles. The number of thiophene rings is 1. The first kappa shape index (κ1) is 11.9. The van der Waals surface area contributed by atoms with Crippen molar-refractivity contribution in [1.82, 2.24) is 15.1 Å². The minimum absolute atomic E-state index is 0.431. The standard InChI is InChI=1S/C13H12N4OS/c1-7-4-3-5-10(15-7)12-16-13(18-17-12)9-6-8(2)19-11(9)14/h3-6H,14H2,1-2H3. The van der Waals surface area contributed by atoms with Gasteiger partial charge in [-0.05, 0) is 32.0 Å². The Bertz CT molecular complexity index is 732. The van der Waals surface area contributed by atoms with E-state index in [0.29, 0.717) is 22.4 Å². The largest absolute Gasteiger partial charge is 0.390 e. The van der Waals surface area contributed by atoms with Crippen LogP contribution >= 0.6 is 11.3 Å². The number of hydrogen-bond acceptors (Lipinski definition) is 6. The molecule has 0 fully saturated rings. The molecule has 96 valence electrons. The van der Waals surface area contributed by atoms with Crippen LogP contribution in [0.25, 0.3) is 23.0 Å². The van der Waals surface area contributed by atoms with Gasteiger partial charge in [0.25, 0.3) is 5.89 Å². The third-order valence-electron chi connectivity index (χ3n) is 2.66. The Morgan fingerprint density at radius 3 is 2.74 bits per heavy atom. The predicted octanol–water partition coefficient (Wildman–Crippen LogP) is 3.06. The Hall–Kier alpha value is -2.21. The lowest BCUT2D eigenvalue weighted by atomic mass is 10.3. The van der Waals surface area contributed by atoms with E-state index in [-0.39, 0.29) is 0 Å². The van der Waals surface area contributed by atoms with Crippen LogP contribution in [0.1, 0.15) is 10.6 Å². The van der Waals surface area contributed by atoms with Crippen molar-refractivity contribution in [1.29, 1.82) is 0 Å². The Labute approximate surface area is 114 Å². The minimum atomic E-state index is 0.431. The highest BCUT2D eigenvalue weighted by Crippen LogP contribution is 2.33. The lowest BCUT2D eigenvalue weighted by Gasteiger charge is -1.94. The minimum Gasteiger partial charge on any atom is -0.390 e. The average Bonchev–Trinajstić information content (AvgIpc) is 2.96. The fourth-order valence-electron chi connectivity index (χ4n) is 1.80. The molecular weight excluding hydrogens is 260 g/mol. The fourth-order valence-corrected chi connectivity index (χ4v) is 2.58. The van der Waals surface area contributed by atoms with Gasteiger partial charge in [-0.25, -0.2) is 4.98 Å². The smallest absolute Gasteiger partial charge is 0.261 e. The SMILES string of the molecule is Cc1cccc(-c2noc(-c3cc(C)sc3N)n2)n1. The molecule has 0 aliphatic carbocycles. The van der Waals surface area contributed by atoms with Gasteiger partial charge in [0.05, 0.1) is 10.6 Å². The van der Waals surface area contributed by atoms with Gasteiger partial charge in [0.2, 0.25) is 5.82 Å². The maximum Gasteiger partial charge on any atom is 0.261 e. The van der Waals surface area contributed by atoms with Crippen LogP contribution in [0.4, 0.5) is 5.00 Å². The second-order valence-corrected chi connectivity index (χ2v) is 5.51. The Balaban J connectivity index is 2.02. The number of aryl methyl sites for hydroxylation is 2. The number of nitrogens with zero attached hydrogens (tertiary/aromatic N) is 3. The third-order valence-corrected chi connectivity index (χ3v) is 3.54. The molecule has 0 amide bonds. The molecule has 0 aliphatic rings. The van der Waals surface area contributed by atoms with Crippen molar-refractivity contribution >= 4 is 16.3 Å².